The van der Waals surface area contributed by atoms with Gasteiger partial charge in [0.05, 0.1) is 12.6 Å². The summed E-state index contributed by atoms with van der Waals surface area (Å²) in [5.74, 6) is 2.83. The van der Waals surface area contributed by atoms with Crippen LogP contribution in [0, 0.1) is 0 Å². The molecule has 1 unspecified atom stereocenters. The van der Waals surface area contributed by atoms with Crippen LogP contribution in [-0.2, 0) is 16.6 Å². The number of nitrogens with zero attached hydrogens (tertiary/aromatic N) is 1. The normalized spacial score (nSPS) is 24.8. The SMILES string of the molecule is CC1(c2cnc(CCC(=O)O)o2)CCSC1. The van der Waals surface area contributed by atoms with E-state index in [0.717, 1.165) is 23.7 Å². The minimum Gasteiger partial charge on any atom is -0.481 e. The number of carboxylic acids is 1. The number of carboxylic acid groups (broad SMARTS) is 1. The summed E-state index contributed by atoms with van der Waals surface area (Å²) < 4.78 is 5.63. The lowest BCUT2D eigenvalue weighted by Crippen LogP contribution is -2.19. The molecule has 4 nitrogen and oxygen atoms in total. The molecular weight excluding hydrogens is 226 g/mol. The third kappa shape index (κ3) is 2.40. The molecule has 2 heterocycles. The lowest BCUT2D eigenvalue weighted by Gasteiger charge is -2.18. The van der Waals surface area contributed by atoms with E-state index in [9.17, 15) is 4.79 Å². The van der Waals surface area contributed by atoms with Gasteiger partial charge in [0.2, 0.25) is 0 Å². The molecule has 0 aromatic carbocycles. The molecule has 1 aliphatic rings. The van der Waals surface area contributed by atoms with Gasteiger partial charge in [-0.1, -0.05) is 6.92 Å². The number of oxazole rings is 1. The van der Waals surface area contributed by atoms with E-state index < -0.39 is 5.97 Å². The van der Waals surface area contributed by atoms with Crippen LogP contribution in [0.2, 0.25) is 0 Å². The molecule has 1 saturated heterocycles. The molecule has 1 aromatic rings. The fourth-order valence-electron chi connectivity index (χ4n) is 1.78. The molecule has 0 spiro atoms. The van der Waals surface area contributed by atoms with Crippen molar-refractivity contribution in [1.82, 2.24) is 4.98 Å². The average molecular weight is 241 g/mol. The van der Waals surface area contributed by atoms with E-state index >= 15 is 0 Å². The molecule has 88 valence electrons. The predicted octanol–water partition coefficient (Wildman–Crippen LogP) is 2.09. The molecule has 16 heavy (non-hydrogen) atoms. The maximum atomic E-state index is 10.4. The van der Waals surface area contributed by atoms with Crippen LogP contribution in [0.15, 0.2) is 10.6 Å². The third-order valence-corrected chi connectivity index (χ3v) is 4.25. The zero-order chi connectivity index (χ0) is 11.6. The van der Waals surface area contributed by atoms with Gasteiger partial charge in [0.1, 0.15) is 5.76 Å². The van der Waals surface area contributed by atoms with Crippen LogP contribution < -0.4 is 0 Å². The molecule has 0 radical (unpaired) electrons. The molecule has 0 amide bonds. The van der Waals surface area contributed by atoms with E-state index in [1.807, 2.05) is 11.8 Å². The Labute approximate surface area is 98.4 Å². The molecule has 2 rings (SSSR count). The first-order valence-electron chi connectivity index (χ1n) is 5.35. The second-order valence-corrected chi connectivity index (χ2v) is 5.48. The highest BCUT2D eigenvalue weighted by molar-refractivity contribution is 7.99. The van der Waals surface area contributed by atoms with Crippen molar-refractivity contribution in [2.45, 2.75) is 31.6 Å². The quantitative estimate of drug-likeness (QED) is 0.874. The molecule has 1 atom stereocenters. The smallest absolute Gasteiger partial charge is 0.303 e. The summed E-state index contributed by atoms with van der Waals surface area (Å²) in [6, 6.07) is 0. The van der Waals surface area contributed by atoms with Crippen LogP contribution in [0.25, 0.3) is 0 Å². The van der Waals surface area contributed by atoms with E-state index in [-0.39, 0.29) is 11.8 Å². The number of aliphatic carboxylic acids is 1. The van der Waals surface area contributed by atoms with Crippen molar-refractivity contribution in [2.24, 2.45) is 0 Å². The van der Waals surface area contributed by atoms with Crippen molar-refractivity contribution in [2.75, 3.05) is 11.5 Å². The molecule has 0 saturated carbocycles. The van der Waals surface area contributed by atoms with Crippen molar-refractivity contribution < 1.29 is 14.3 Å². The Morgan fingerprint density at radius 2 is 2.56 bits per heavy atom. The van der Waals surface area contributed by atoms with Gasteiger partial charge >= 0.3 is 5.97 Å². The Morgan fingerprint density at radius 1 is 1.75 bits per heavy atom. The van der Waals surface area contributed by atoms with Crippen LogP contribution >= 0.6 is 11.8 Å². The lowest BCUT2D eigenvalue weighted by atomic mass is 9.88. The largest absolute Gasteiger partial charge is 0.481 e. The highest BCUT2D eigenvalue weighted by Crippen LogP contribution is 2.38. The first kappa shape index (κ1) is 11.5. The number of aromatic nitrogens is 1. The Balaban J connectivity index is 2.04. The van der Waals surface area contributed by atoms with E-state index in [2.05, 4.69) is 11.9 Å². The average Bonchev–Trinajstić information content (AvgIpc) is 2.84. The molecular formula is C11H15NO3S. The van der Waals surface area contributed by atoms with Crippen molar-refractivity contribution >= 4 is 17.7 Å². The fourth-order valence-corrected chi connectivity index (χ4v) is 3.26. The highest BCUT2D eigenvalue weighted by Gasteiger charge is 2.34. The Kier molecular flexibility index (Phi) is 3.23. The van der Waals surface area contributed by atoms with Crippen molar-refractivity contribution in [3.8, 4) is 0 Å². The Hall–Kier alpha value is -0.970. The van der Waals surface area contributed by atoms with Crippen LogP contribution in [0.3, 0.4) is 0 Å². The molecule has 1 aliphatic heterocycles. The second-order valence-electron chi connectivity index (χ2n) is 4.38. The summed E-state index contributed by atoms with van der Waals surface area (Å²) in [5, 5.41) is 8.57. The van der Waals surface area contributed by atoms with Gasteiger partial charge in [0, 0.05) is 17.6 Å². The summed E-state index contributed by atoms with van der Waals surface area (Å²) in [7, 11) is 0. The van der Waals surface area contributed by atoms with E-state index in [1.54, 1.807) is 6.20 Å². The predicted molar refractivity (Wildman–Crippen MR) is 61.8 cm³/mol. The Bertz CT molecular complexity index is 382. The summed E-state index contributed by atoms with van der Waals surface area (Å²) in [6.45, 7) is 2.18. The van der Waals surface area contributed by atoms with Crippen LogP contribution in [-0.4, -0.2) is 27.6 Å². The van der Waals surface area contributed by atoms with Gasteiger partial charge in [-0.3, -0.25) is 4.79 Å². The topological polar surface area (TPSA) is 63.3 Å². The monoisotopic (exact) mass is 241 g/mol. The van der Waals surface area contributed by atoms with Gasteiger partial charge in [-0.05, 0) is 12.2 Å². The van der Waals surface area contributed by atoms with Gasteiger partial charge in [-0.2, -0.15) is 11.8 Å². The van der Waals surface area contributed by atoms with Crippen molar-refractivity contribution in [3.05, 3.63) is 17.8 Å². The minimum atomic E-state index is -0.817. The minimum absolute atomic E-state index is 0.0748. The Morgan fingerprint density at radius 3 is 3.19 bits per heavy atom. The van der Waals surface area contributed by atoms with Gasteiger partial charge in [0.25, 0.3) is 0 Å². The number of hydrogen-bond donors (Lipinski definition) is 1. The highest BCUT2D eigenvalue weighted by atomic mass is 32.2. The number of rotatable bonds is 4. The third-order valence-electron chi connectivity index (χ3n) is 2.92. The lowest BCUT2D eigenvalue weighted by molar-refractivity contribution is -0.137. The van der Waals surface area contributed by atoms with Crippen molar-refractivity contribution in [1.29, 1.82) is 0 Å². The van der Waals surface area contributed by atoms with Gasteiger partial charge in [-0.25, -0.2) is 4.98 Å². The van der Waals surface area contributed by atoms with Gasteiger partial charge < -0.3 is 9.52 Å². The molecule has 5 heteroatoms. The number of hydrogen-bond acceptors (Lipinski definition) is 4. The maximum absolute atomic E-state index is 10.4. The van der Waals surface area contributed by atoms with E-state index in [1.165, 1.54) is 0 Å². The number of aryl methyl sites for hydroxylation is 1. The van der Waals surface area contributed by atoms with Gasteiger partial charge in [-0.15, -0.1) is 0 Å². The first-order chi connectivity index (χ1) is 7.60. The van der Waals surface area contributed by atoms with E-state index in [4.69, 9.17) is 9.52 Å². The van der Waals surface area contributed by atoms with Crippen LogP contribution in [0.1, 0.15) is 31.4 Å². The summed E-state index contributed by atoms with van der Waals surface area (Å²) in [5.41, 5.74) is 0.0825. The molecule has 1 fully saturated rings. The zero-order valence-electron chi connectivity index (χ0n) is 9.23. The van der Waals surface area contributed by atoms with E-state index in [0.29, 0.717) is 12.3 Å². The standard InChI is InChI=1S/C11H15NO3S/c1-11(4-5-16-7-11)8-6-12-9(15-8)2-3-10(13)14/h6H,2-5,7H2,1H3,(H,13,14). The first-order valence-corrected chi connectivity index (χ1v) is 6.50. The second kappa shape index (κ2) is 4.49. The summed E-state index contributed by atoms with van der Waals surface area (Å²) >= 11 is 1.92. The summed E-state index contributed by atoms with van der Waals surface area (Å²) in [6.07, 6.45) is 3.30. The van der Waals surface area contributed by atoms with Crippen LogP contribution in [0.5, 0.6) is 0 Å². The molecule has 1 N–H and O–H groups in total. The summed E-state index contributed by atoms with van der Waals surface area (Å²) in [4.78, 5) is 14.6. The zero-order valence-corrected chi connectivity index (χ0v) is 10.0. The fraction of sp³-hybridized carbons (Fsp3) is 0.636. The number of carbonyl (C=O) groups is 1. The van der Waals surface area contributed by atoms with Crippen molar-refractivity contribution in [3.63, 3.8) is 0 Å². The number of thioether (sulfide) groups is 1. The van der Waals surface area contributed by atoms with Gasteiger partial charge in [0.15, 0.2) is 5.89 Å². The molecule has 0 aliphatic carbocycles. The molecule has 0 bridgehead atoms. The van der Waals surface area contributed by atoms with Crippen LogP contribution in [0.4, 0.5) is 0 Å². The molecule has 1 aromatic heterocycles. The maximum Gasteiger partial charge on any atom is 0.303 e.